The number of carbonyl (C=O) groups excluding carboxylic acids is 1. The molecule has 6 heteroatoms. The summed E-state index contributed by atoms with van der Waals surface area (Å²) in [5.41, 5.74) is 1.35. The van der Waals surface area contributed by atoms with Crippen LogP contribution >= 0.6 is 22.9 Å². The molecule has 3 aromatic carbocycles. The molecule has 0 saturated heterocycles. The lowest BCUT2D eigenvalue weighted by molar-refractivity contribution is 0.103. The van der Waals surface area contributed by atoms with Gasteiger partial charge < -0.3 is 10.1 Å². The van der Waals surface area contributed by atoms with Crippen molar-refractivity contribution in [1.29, 1.82) is 0 Å². The van der Waals surface area contributed by atoms with E-state index in [1.807, 2.05) is 41.8 Å². The topological polar surface area (TPSA) is 38.3 Å². The lowest BCUT2D eigenvalue weighted by atomic mass is 10.1. The highest BCUT2D eigenvalue weighted by Gasteiger charge is 2.11. The molecule has 0 spiro atoms. The summed E-state index contributed by atoms with van der Waals surface area (Å²) < 4.78 is 19.1. The third kappa shape index (κ3) is 4.16. The number of hydrogen-bond donors (Lipinski definition) is 1. The van der Waals surface area contributed by atoms with Gasteiger partial charge in [-0.3, -0.25) is 4.79 Å². The first kappa shape index (κ1) is 18.5. The molecule has 140 valence electrons. The summed E-state index contributed by atoms with van der Waals surface area (Å²) in [4.78, 5) is 12.9. The Morgan fingerprint density at radius 3 is 2.68 bits per heavy atom. The summed E-state index contributed by atoms with van der Waals surface area (Å²) in [7, 11) is 0. The molecular weight excluding hydrogens is 397 g/mol. The first-order chi connectivity index (χ1) is 13.6. The average Bonchev–Trinajstić information content (AvgIpc) is 3.18. The van der Waals surface area contributed by atoms with Gasteiger partial charge in [-0.2, -0.15) is 0 Å². The number of amides is 1. The van der Waals surface area contributed by atoms with Crippen LogP contribution < -0.4 is 10.1 Å². The van der Waals surface area contributed by atoms with Gasteiger partial charge in [-0.25, -0.2) is 4.39 Å². The maximum Gasteiger partial charge on any atom is 0.265 e. The number of benzene rings is 3. The molecule has 4 rings (SSSR count). The number of nitrogens with one attached hydrogen (secondary N) is 1. The summed E-state index contributed by atoms with van der Waals surface area (Å²) in [5, 5.41) is 6.83. The summed E-state index contributed by atoms with van der Waals surface area (Å²) in [6.07, 6.45) is 0. The summed E-state index contributed by atoms with van der Waals surface area (Å²) >= 11 is 7.07. The molecule has 1 aromatic heterocycles. The second-order valence-corrected chi connectivity index (χ2v) is 7.52. The van der Waals surface area contributed by atoms with E-state index in [0.29, 0.717) is 17.2 Å². The summed E-state index contributed by atoms with van der Waals surface area (Å²) in [6, 6.07) is 19.9. The molecule has 0 aliphatic rings. The Hall–Kier alpha value is -2.89. The van der Waals surface area contributed by atoms with Crippen molar-refractivity contribution in [2.75, 3.05) is 5.32 Å². The Balaban J connectivity index is 1.40. The van der Waals surface area contributed by atoms with Gasteiger partial charge in [0.1, 0.15) is 18.2 Å². The van der Waals surface area contributed by atoms with Gasteiger partial charge in [-0.15, -0.1) is 11.3 Å². The molecule has 0 saturated carbocycles. The van der Waals surface area contributed by atoms with Crippen LogP contribution in [0.1, 0.15) is 15.2 Å². The zero-order valence-electron chi connectivity index (χ0n) is 14.6. The highest BCUT2D eigenvalue weighted by Crippen LogP contribution is 2.24. The fourth-order valence-corrected chi connectivity index (χ4v) is 3.73. The first-order valence-corrected chi connectivity index (χ1v) is 9.80. The van der Waals surface area contributed by atoms with E-state index in [9.17, 15) is 9.18 Å². The van der Waals surface area contributed by atoms with Crippen LogP contribution in [0.25, 0.3) is 10.8 Å². The van der Waals surface area contributed by atoms with E-state index in [1.165, 1.54) is 29.5 Å². The number of ether oxygens (including phenoxy) is 1. The Labute approximate surface area is 170 Å². The van der Waals surface area contributed by atoms with Crippen molar-refractivity contribution < 1.29 is 13.9 Å². The molecule has 0 fully saturated rings. The van der Waals surface area contributed by atoms with Crippen LogP contribution in [0.2, 0.25) is 5.02 Å². The number of carbonyl (C=O) groups is 1. The molecule has 0 aliphatic heterocycles. The predicted octanol–water partition coefficient (Wildman–Crippen LogP) is 6.53. The van der Waals surface area contributed by atoms with Crippen LogP contribution in [0, 0.1) is 5.82 Å². The Bertz CT molecular complexity index is 1160. The predicted molar refractivity (Wildman–Crippen MR) is 112 cm³/mol. The number of hydrogen-bond acceptors (Lipinski definition) is 3. The van der Waals surface area contributed by atoms with Gasteiger partial charge in [0.25, 0.3) is 5.91 Å². The normalized spacial score (nSPS) is 10.8. The van der Waals surface area contributed by atoms with Gasteiger partial charge in [0.05, 0.1) is 9.90 Å². The van der Waals surface area contributed by atoms with Crippen LogP contribution in [0.4, 0.5) is 10.1 Å². The lowest BCUT2D eigenvalue weighted by Gasteiger charge is -2.06. The van der Waals surface area contributed by atoms with Crippen molar-refractivity contribution in [3.8, 4) is 5.75 Å². The summed E-state index contributed by atoms with van der Waals surface area (Å²) in [5.74, 6) is -0.0228. The van der Waals surface area contributed by atoms with Crippen molar-refractivity contribution in [1.82, 2.24) is 0 Å². The Morgan fingerprint density at radius 2 is 1.86 bits per heavy atom. The molecule has 0 unspecified atom stereocenters. The number of rotatable bonds is 5. The van der Waals surface area contributed by atoms with E-state index < -0.39 is 5.82 Å². The van der Waals surface area contributed by atoms with Gasteiger partial charge >= 0.3 is 0 Å². The van der Waals surface area contributed by atoms with E-state index in [-0.39, 0.29) is 10.9 Å². The van der Waals surface area contributed by atoms with Crippen LogP contribution in [0.5, 0.6) is 5.75 Å². The van der Waals surface area contributed by atoms with Crippen LogP contribution in [-0.2, 0) is 6.61 Å². The third-order valence-corrected chi connectivity index (χ3v) is 5.45. The molecule has 1 heterocycles. The SMILES string of the molecule is O=C(Nc1ccc(F)c(Cl)c1)c1cc(COc2ccc3ccccc3c2)cs1. The van der Waals surface area contributed by atoms with Crippen molar-refractivity contribution in [2.45, 2.75) is 6.61 Å². The van der Waals surface area contributed by atoms with Crippen molar-refractivity contribution >= 4 is 45.3 Å². The van der Waals surface area contributed by atoms with E-state index in [1.54, 1.807) is 6.07 Å². The second kappa shape index (κ2) is 8.00. The smallest absolute Gasteiger partial charge is 0.265 e. The minimum absolute atomic E-state index is 0.0338. The van der Waals surface area contributed by atoms with Gasteiger partial charge in [-0.05, 0) is 52.6 Å². The Morgan fingerprint density at radius 1 is 1.04 bits per heavy atom. The molecule has 1 N–H and O–H groups in total. The maximum atomic E-state index is 13.2. The molecule has 3 nitrogen and oxygen atoms in total. The van der Waals surface area contributed by atoms with Crippen molar-refractivity contribution in [2.24, 2.45) is 0 Å². The van der Waals surface area contributed by atoms with Gasteiger partial charge in [0, 0.05) is 11.3 Å². The number of halogens is 2. The van der Waals surface area contributed by atoms with Crippen LogP contribution in [0.3, 0.4) is 0 Å². The lowest BCUT2D eigenvalue weighted by Crippen LogP contribution is -2.10. The van der Waals surface area contributed by atoms with E-state index in [4.69, 9.17) is 16.3 Å². The van der Waals surface area contributed by atoms with Gasteiger partial charge in [0.15, 0.2) is 0 Å². The maximum absolute atomic E-state index is 13.2. The molecular formula is C22H15ClFNO2S. The fourth-order valence-electron chi connectivity index (χ4n) is 2.76. The molecule has 1 amide bonds. The molecule has 4 aromatic rings. The standard InChI is InChI=1S/C22H15ClFNO2S/c23-19-11-17(6-8-20(19)24)25-22(26)21-9-14(13-28-21)12-27-18-7-5-15-3-1-2-4-16(15)10-18/h1-11,13H,12H2,(H,25,26). The fraction of sp³-hybridized carbons (Fsp3) is 0.0455. The van der Waals surface area contributed by atoms with Crippen LogP contribution in [0.15, 0.2) is 72.1 Å². The quantitative estimate of drug-likeness (QED) is 0.405. The minimum atomic E-state index is -0.524. The number of fused-ring (bicyclic) bond motifs is 1. The molecule has 0 atom stereocenters. The highest BCUT2D eigenvalue weighted by atomic mass is 35.5. The molecule has 0 radical (unpaired) electrons. The summed E-state index contributed by atoms with van der Waals surface area (Å²) in [6.45, 7) is 0.366. The minimum Gasteiger partial charge on any atom is -0.489 e. The number of anilines is 1. The van der Waals surface area contributed by atoms with Crippen LogP contribution in [-0.4, -0.2) is 5.91 Å². The Kier molecular flexibility index (Phi) is 5.28. The zero-order valence-corrected chi connectivity index (χ0v) is 16.2. The molecule has 0 aliphatic carbocycles. The van der Waals surface area contributed by atoms with E-state index >= 15 is 0 Å². The number of thiophene rings is 1. The molecule has 0 bridgehead atoms. The first-order valence-electron chi connectivity index (χ1n) is 8.54. The zero-order chi connectivity index (χ0) is 19.5. The van der Waals surface area contributed by atoms with E-state index in [2.05, 4.69) is 11.4 Å². The van der Waals surface area contributed by atoms with Crippen molar-refractivity contribution in [3.05, 3.63) is 93.4 Å². The van der Waals surface area contributed by atoms with Gasteiger partial charge in [0.2, 0.25) is 0 Å². The second-order valence-electron chi connectivity index (χ2n) is 6.20. The average molecular weight is 412 g/mol. The molecule has 28 heavy (non-hydrogen) atoms. The largest absolute Gasteiger partial charge is 0.489 e. The van der Waals surface area contributed by atoms with E-state index in [0.717, 1.165) is 22.1 Å². The van der Waals surface area contributed by atoms with Gasteiger partial charge in [-0.1, -0.05) is 41.9 Å². The van der Waals surface area contributed by atoms with Crippen molar-refractivity contribution in [3.63, 3.8) is 0 Å². The highest BCUT2D eigenvalue weighted by molar-refractivity contribution is 7.12. The third-order valence-electron chi connectivity index (χ3n) is 4.18. The monoisotopic (exact) mass is 411 g/mol.